The van der Waals surface area contributed by atoms with Crippen LogP contribution in [0.3, 0.4) is 0 Å². The minimum atomic E-state index is -1.02. The Kier molecular flexibility index (Phi) is 6.99. The topological polar surface area (TPSA) is 86.7 Å². The lowest BCUT2D eigenvalue weighted by Crippen LogP contribution is -2.53. The molecule has 2 N–H and O–H groups in total. The van der Waals surface area contributed by atoms with Crippen LogP contribution in [0.15, 0.2) is 30.3 Å². The van der Waals surface area contributed by atoms with Crippen LogP contribution in [0.4, 0.5) is 0 Å². The highest BCUT2D eigenvalue weighted by Gasteiger charge is 2.37. The van der Waals surface area contributed by atoms with Crippen LogP contribution in [-0.4, -0.2) is 51.7 Å². The molecule has 1 saturated carbocycles. The van der Waals surface area contributed by atoms with E-state index >= 15 is 0 Å². The first-order valence-electron chi connectivity index (χ1n) is 9.98. The van der Waals surface area contributed by atoms with Crippen molar-refractivity contribution >= 4 is 30.4 Å². The van der Waals surface area contributed by atoms with E-state index in [9.17, 15) is 19.5 Å². The second-order valence-electron chi connectivity index (χ2n) is 7.89. The molecule has 28 heavy (non-hydrogen) atoms. The Labute approximate surface area is 171 Å². The molecule has 0 radical (unpaired) electrons. The highest BCUT2D eigenvalue weighted by Crippen LogP contribution is 2.36. The molecular formula is C21H28N2O4S. The number of carboxylic acids is 1. The molecule has 2 fully saturated rings. The summed E-state index contributed by atoms with van der Waals surface area (Å²) >= 11 is 4.41. The molecule has 1 heterocycles. The number of benzene rings is 1. The first-order valence-corrected chi connectivity index (χ1v) is 10.5. The van der Waals surface area contributed by atoms with Crippen molar-refractivity contribution in [1.29, 1.82) is 0 Å². The van der Waals surface area contributed by atoms with Crippen molar-refractivity contribution in [3.63, 3.8) is 0 Å². The first kappa shape index (κ1) is 20.7. The predicted octanol–water partition coefficient (Wildman–Crippen LogP) is 2.28. The van der Waals surface area contributed by atoms with E-state index < -0.39 is 17.3 Å². The van der Waals surface area contributed by atoms with Crippen molar-refractivity contribution in [2.75, 3.05) is 6.54 Å². The third-order valence-corrected chi connectivity index (χ3v) is 5.97. The summed E-state index contributed by atoms with van der Waals surface area (Å²) in [5.41, 5.74) is 1.00. The van der Waals surface area contributed by atoms with Crippen molar-refractivity contribution in [2.24, 2.45) is 5.92 Å². The molecule has 1 aliphatic carbocycles. The van der Waals surface area contributed by atoms with E-state index in [4.69, 9.17) is 0 Å². The van der Waals surface area contributed by atoms with E-state index in [0.717, 1.165) is 37.7 Å². The second-order valence-corrected chi connectivity index (χ2v) is 8.51. The molecular weight excluding hydrogens is 376 g/mol. The summed E-state index contributed by atoms with van der Waals surface area (Å²) in [6, 6.07) is 8.87. The maximum absolute atomic E-state index is 13.0. The van der Waals surface area contributed by atoms with Gasteiger partial charge in [0, 0.05) is 6.04 Å². The van der Waals surface area contributed by atoms with Gasteiger partial charge in [0.15, 0.2) is 0 Å². The highest BCUT2D eigenvalue weighted by molar-refractivity contribution is 7.81. The summed E-state index contributed by atoms with van der Waals surface area (Å²) < 4.78 is 0. The maximum Gasteiger partial charge on any atom is 0.323 e. The lowest BCUT2D eigenvalue weighted by Gasteiger charge is -2.31. The first-order chi connectivity index (χ1) is 13.4. The molecule has 0 spiro atoms. The zero-order valence-electron chi connectivity index (χ0n) is 15.9. The van der Waals surface area contributed by atoms with Crippen LogP contribution in [0.5, 0.6) is 0 Å². The van der Waals surface area contributed by atoms with Gasteiger partial charge in [-0.2, -0.15) is 12.6 Å². The minimum Gasteiger partial charge on any atom is -0.480 e. The smallest absolute Gasteiger partial charge is 0.323 e. The van der Waals surface area contributed by atoms with Gasteiger partial charge in [-0.05, 0) is 43.6 Å². The third-order valence-electron chi connectivity index (χ3n) is 5.55. The number of hydrogen-bond acceptors (Lipinski definition) is 4. The van der Waals surface area contributed by atoms with Crippen LogP contribution in [0.25, 0.3) is 0 Å². The number of likely N-dealkylation sites (tertiary alicyclic amines) is 1. The van der Waals surface area contributed by atoms with Crippen molar-refractivity contribution in [1.82, 2.24) is 10.2 Å². The summed E-state index contributed by atoms with van der Waals surface area (Å²) in [6.45, 7) is -0.309. The number of carboxylic acid groups (broad SMARTS) is 1. The Balaban J connectivity index is 1.63. The number of rotatable bonds is 8. The SMILES string of the molecule is O=C(O)CN1C(=O)C(NC(=O)C(S)Cc2ccccc2)CCCC1CC1CC1. The van der Waals surface area contributed by atoms with Crippen molar-refractivity contribution < 1.29 is 19.5 Å². The van der Waals surface area contributed by atoms with Gasteiger partial charge in [0.05, 0.1) is 5.25 Å². The molecule has 3 atom stereocenters. The minimum absolute atomic E-state index is 0.0471. The van der Waals surface area contributed by atoms with E-state index in [2.05, 4.69) is 17.9 Å². The van der Waals surface area contributed by atoms with Gasteiger partial charge < -0.3 is 15.3 Å². The average Bonchev–Trinajstić information content (AvgIpc) is 3.49. The molecule has 2 aliphatic rings. The quantitative estimate of drug-likeness (QED) is 0.580. The Hall–Kier alpha value is -2.02. The molecule has 3 rings (SSSR count). The lowest BCUT2D eigenvalue weighted by atomic mass is 10.0. The molecule has 152 valence electrons. The summed E-state index contributed by atoms with van der Waals surface area (Å²) in [4.78, 5) is 38.4. The maximum atomic E-state index is 13.0. The van der Waals surface area contributed by atoms with Gasteiger partial charge in [-0.1, -0.05) is 43.2 Å². The van der Waals surface area contributed by atoms with E-state index in [1.807, 2.05) is 30.3 Å². The van der Waals surface area contributed by atoms with Crippen molar-refractivity contribution in [2.45, 2.75) is 62.3 Å². The molecule has 1 saturated heterocycles. The Morgan fingerprint density at radius 2 is 1.89 bits per heavy atom. The van der Waals surface area contributed by atoms with Crippen LogP contribution < -0.4 is 5.32 Å². The molecule has 0 bridgehead atoms. The zero-order valence-corrected chi connectivity index (χ0v) is 16.8. The van der Waals surface area contributed by atoms with Gasteiger partial charge in [0.25, 0.3) is 0 Å². The molecule has 0 aromatic heterocycles. The van der Waals surface area contributed by atoms with Crippen LogP contribution in [0.1, 0.15) is 44.1 Å². The number of carbonyl (C=O) groups is 3. The predicted molar refractivity (Wildman–Crippen MR) is 109 cm³/mol. The summed E-state index contributed by atoms with van der Waals surface area (Å²) in [6.07, 6.45) is 5.77. The van der Waals surface area contributed by atoms with Crippen molar-refractivity contribution in [3.05, 3.63) is 35.9 Å². The third kappa shape index (κ3) is 5.74. The van der Waals surface area contributed by atoms with Crippen LogP contribution >= 0.6 is 12.6 Å². The number of nitrogens with one attached hydrogen (secondary N) is 1. The summed E-state index contributed by atoms with van der Waals surface area (Å²) in [5, 5.41) is 11.5. The Morgan fingerprint density at radius 3 is 2.54 bits per heavy atom. The number of amides is 2. The van der Waals surface area contributed by atoms with E-state index in [0.29, 0.717) is 18.8 Å². The molecule has 7 heteroatoms. The molecule has 3 unspecified atom stereocenters. The van der Waals surface area contributed by atoms with Crippen molar-refractivity contribution in [3.8, 4) is 0 Å². The number of aliphatic carboxylic acids is 1. The van der Waals surface area contributed by atoms with Crippen LogP contribution in [0, 0.1) is 5.92 Å². The molecule has 2 amide bonds. The van der Waals surface area contributed by atoms with E-state index in [1.165, 1.54) is 4.90 Å². The lowest BCUT2D eigenvalue weighted by molar-refractivity contribution is -0.147. The molecule has 6 nitrogen and oxygen atoms in total. The van der Waals surface area contributed by atoms with Crippen LogP contribution in [0.2, 0.25) is 0 Å². The fraction of sp³-hybridized carbons (Fsp3) is 0.571. The monoisotopic (exact) mass is 404 g/mol. The summed E-state index contributed by atoms with van der Waals surface area (Å²) in [5.74, 6) is -0.981. The van der Waals surface area contributed by atoms with E-state index in [1.54, 1.807) is 0 Å². The Bertz CT molecular complexity index is 708. The average molecular weight is 405 g/mol. The number of nitrogens with zero attached hydrogens (tertiary/aromatic N) is 1. The molecule has 1 aromatic carbocycles. The van der Waals surface area contributed by atoms with Gasteiger partial charge in [-0.25, -0.2) is 0 Å². The molecule has 1 aliphatic heterocycles. The number of hydrogen-bond donors (Lipinski definition) is 3. The van der Waals surface area contributed by atoms with Gasteiger partial charge in [-0.15, -0.1) is 0 Å². The van der Waals surface area contributed by atoms with Crippen LogP contribution in [-0.2, 0) is 20.8 Å². The highest BCUT2D eigenvalue weighted by atomic mass is 32.1. The summed E-state index contributed by atoms with van der Waals surface area (Å²) in [7, 11) is 0. The number of thiol groups is 1. The zero-order chi connectivity index (χ0) is 20.1. The Morgan fingerprint density at radius 1 is 1.18 bits per heavy atom. The normalized spacial score (nSPS) is 23.8. The van der Waals surface area contributed by atoms with E-state index in [-0.39, 0.29) is 24.4 Å². The van der Waals surface area contributed by atoms with Gasteiger partial charge in [0.1, 0.15) is 12.6 Å². The van der Waals surface area contributed by atoms with Gasteiger partial charge in [0.2, 0.25) is 11.8 Å². The fourth-order valence-corrected chi connectivity index (χ4v) is 4.17. The molecule has 1 aromatic rings. The fourth-order valence-electron chi connectivity index (χ4n) is 3.89. The largest absolute Gasteiger partial charge is 0.480 e. The van der Waals surface area contributed by atoms with Gasteiger partial charge in [-0.3, -0.25) is 14.4 Å². The number of carbonyl (C=O) groups excluding carboxylic acids is 2. The van der Waals surface area contributed by atoms with Gasteiger partial charge >= 0.3 is 5.97 Å². The standard InChI is InChI=1S/C21H28N2O4S/c24-19(25)13-23-16(11-15-9-10-15)7-4-8-17(21(23)27)22-20(26)18(28)12-14-5-2-1-3-6-14/h1-3,5-6,15-18,28H,4,7-13H2,(H,22,26)(H,24,25). The second kappa shape index (κ2) is 9.45.